The Morgan fingerprint density at radius 3 is 2.84 bits per heavy atom. The van der Waals surface area contributed by atoms with Gasteiger partial charge in [-0.05, 0) is 19.3 Å². The quantitative estimate of drug-likeness (QED) is 0.758. The van der Waals surface area contributed by atoms with Crippen LogP contribution in [-0.4, -0.2) is 75.8 Å². The average Bonchev–Trinajstić information content (AvgIpc) is 3.36. The zero-order valence-corrected chi connectivity index (χ0v) is 14.5. The van der Waals surface area contributed by atoms with Gasteiger partial charge in [0.2, 0.25) is 11.8 Å². The highest BCUT2D eigenvalue weighted by Gasteiger charge is 2.57. The lowest BCUT2D eigenvalue weighted by atomic mass is 9.79. The smallest absolute Gasteiger partial charge is 0.233 e. The molecule has 1 aromatic heterocycles. The van der Waals surface area contributed by atoms with E-state index < -0.39 is 5.41 Å². The lowest BCUT2D eigenvalue weighted by Crippen LogP contribution is -2.48. The van der Waals surface area contributed by atoms with Crippen molar-refractivity contribution < 1.29 is 14.3 Å². The molecule has 0 aromatic carbocycles. The van der Waals surface area contributed by atoms with Crippen LogP contribution in [0, 0.1) is 11.3 Å². The number of rotatable bonds is 5. The van der Waals surface area contributed by atoms with Crippen LogP contribution in [0.2, 0.25) is 0 Å². The van der Waals surface area contributed by atoms with Gasteiger partial charge in [0.25, 0.3) is 0 Å². The predicted molar refractivity (Wildman–Crippen MR) is 88.4 cm³/mol. The number of hydrogen-bond donors (Lipinski definition) is 0. The summed E-state index contributed by atoms with van der Waals surface area (Å²) in [5.74, 6) is 0.466. The molecular formula is C17H25N5O3. The van der Waals surface area contributed by atoms with Crippen LogP contribution in [0.1, 0.15) is 25.7 Å². The number of aromatic nitrogens is 3. The molecule has 8 heteroatoms. The maximum atomic E-state index is 13.1. The Morgan fingerprint density at radius 2 is 2.08 bits per heavy atom. The summed E-state index contributed by atoms with van der Waals surface area (Å²) in [6.07, 6.45) is 6.52. The van der Waals surface area contributed by atoms with Crippen LogP contribution in [-0.2, 0) is 20.9 Å². The summed E-state index contributed by atoms with van der Waals surface area (Å²) in [6.45, 7) is 4.57. The monoisotopic (exact) mass is 347 g/mol. The van der Waals surface area contributed by atoms with Gasteiger partial charge < -0.3 is 14.5 Å². The van der Waals surface area contributed by atoms with Gasteiger partial charge in [-0.2, -0.15) is 5.10 Å². The van der Waals surface area contributed by atoms with Crippen LogP contribution >= 0.6 is 0 Å². The molecule has 0 saturated carbocycles. The highest BCUT2D eigenvalue weighted by molar-refractivity contribution is 5.86. The molecule has 2 amide bonds. The van der Waals surface area contributed by atoms with Gasteiger partial charge in [-0.25, -0.2) is 4.98 Å². The van der Waals surface area contributed by atoms with Gasteiger partial charge in [-0.15, -0.1) is 0 Å². The van der Waals surface area contributed by atoms with Crippen LogP contribution in [0.5, 0.6) is 0 Å². The van der Waals surface area contributed by atoms with Crippen molar-refractivity contribution in [1.82, 2.24) is 24.6 Å². The van der Waals surface area contributed by atoms with Crippen LogP contribution in [0.15, 0.2) is 12.7 Å². The summed E-state index contributed by atoms with van der Waals surface area (Å²) in [7, 11) is 0. The van der Waals surface area contributed by atoms with Crippen molar-refractivity contribution in [1.29, 1.82) is 0 Å². The van der Waals surface area contributed by atoms with Gasteiger partial charge in [0.1, 0.15) is 12.7 Å². The topological polar surface area (TPSA) is 80.6 Å². The summed E-state index contributed by atoms with van der Waals surface area (Å²) < 4.78 is 7.38. The molecule has 0 unspecified atom stereocenters. The van der Waals surface area contributed by atoms with E-state index in [9.17, 15) is 9.59 Å². The Kier molecular flexibility index (Phi) is 4.45. The van der Waals surface area contributed by atoms with Crippen molar-refractivity contribution in [2.75, 3.05) is 39.4 Å². The van der Waals surface area contributed by atoms with Gasteiger partial charge in [-0.1, -0.05) is 0 Å². The first kappa shape index (κ1) is 16.5. The summed E-state index contributed by atoms with van der Waals surface area (Å²) in [4.78, 5) is 33.4. The van der Waals surface area contributed by atoms with Crippen LogP contribution < -0.4 is 0 Å². The van der Waals surface area contributed by atoms with Crippen LogP contribution in [0.25, 0.3) is 0 Å². The molecule has 3 aliphatic heterocycles. The Labute approximate surface area is 147 Å². The maximum Gasteiger partial charge on any atom is 0.233 e. The minimum Gasteiger partial charge on any atom is -0.380 e. The molecular weight excluding hydrogens is 322 g/mol. The molecule has 0 radical (unpaired) electrons. The number of carbonyl (C=O) groups is 2. The Hall–Kier alpha value is -1.96. The second-order valence-corrected chi connectivity index (χ2v) is 7.40. The number of ether oxygens (including phenoxy) is 1. The first-order valence-electron chi connectivity index (χ1n) is 9.16. The number of fused-ring (bicyclic) bond motifs is 1. The molecule has 25 heavy (non-hydrogen) atoms. The minimum absolute atomic E-state index is 0.128. The lowest BCUT2D eigenvalue weighted by Gasteiger charge is -2.30. The summed E-state index contributed by atoms with van der Waals surface area (Å²) in [5, 5.41) is 4.05. The fraction of sp³-hybridized carbons (Fsp3) is 0.765. The molecule has 0 spiro atoms. The number of likely N-dealkylation sites (tertiary alicyclic amines) is 2. The SMILES string of the molecule is O=C(CCCn1cncn1)N1C[C@H]2COC[C@@]2(C(=O)N2CCCC2)C1. The third-order valence-corrected chi connectivity index (χ3v) is 5.79. The Bertz CT molecular complexity index is 628. The summed E-state index contributed by atoms with van der Waals surface area (Å²) in [6, 6.07) is 0. The molecule has 4 rings (SSSR count). The van der Waals surface area contributed by atoms with E-state index in [2.05, 4.69) is 10.1 Å². The van der Waals surface area contributed by atoms with Gasteiger partial charge in [0.05, 0.1) is 18.6 Å². The van der Waals surface area contributed by atoms with E-state index in [1.165, 1.54) is 6.33 Å². The molecule has 8 nitrogen and oxygen atoms in total. The van der Waals surface area contributed by atoms with Crippen molar-refractivity contribution in [2.24, 2.45) is 11.3 Å². The van der Waals surface area contributed by atoms with Crippen molar-refractivity contribution in [3.8, 4) is 0 Å². The molecule has 0 aliphatic carbocycles. The Balaban J connectivity index is 1.36. The summed E-state index contributed by atoms with van der Waals surface area (Å²) >= 11 is 0. The van der Waals surface area contributed by atoms with Gasteiger partial charge in [0, 0.05) is 45.1 Å². The van der Waals surface area contributed by atoms with E-state index in [0.29, 0.717) is 39.3 Å². The second-order valence-electron chi connectivity index (χ2n) is 7.40. The van der Waals surface area contributed by atoms with Crippen LogP contribution in [0.3, 0.4) is 0 Å². The third kappa shape index (κ3) is 3.03. The number of amides is 2. The standard InChI is InChI=1S/C17H25N5O3/c23-15(4-3-7-22-13-18-12-19-22)21-8-14-9-25-11-17(14,10-21)16(24)20-5-1-2-6-20/h12-14H,1-11H2/t14-,17-/m0/s1. The minimum atomic E-state index is -0.508. The van der Waals surface area contributed by atoms with Crippen molar-refractivity contribution in [3.63, 3.8) is 0 Å². The predicted octanol–water partition coefficient (Wildman–Crippen LogP) is 0.156. The van der Waals surface area contributed by atoms with Crippen molar-refractivity contribution in [2.45, 2.75) is 32.2 Å². The molecule has 3 saturated heterocycles. The normalized spacial score (nSPS) is 28.6. The van der Waals surface area contributed by atoms with Gasteiger partial charge >= 0.3 is 0 Å². The zero-order chi connectivity index (χ0) is 17.3. The fourth-order valence-electron chi connectivity index (χ4n) is 4.36. The number of nitrogens with zero attached hydrogens (tertiary/aromatic N) is 5. The number of hydrogen-bond acceptors (Lipinski definition) is 5. The van der Waals surface area contributed by atoms with Crippen LogP contribution in [0.4, 0.5) is 0 Å². The van der Waals surface area contributed by atoms with Crippen molar-refractivity contribution >= 4 is 11.8 Å². The first-order chi connectivity index (χ1) is 12.2. The average molecular weight is 347 g/mol. The van der Waals surface area contributed by atoms with E-state index in [1.807, 2.05) is 9.80 Å². The highest BCUT2D eigenvalue weighted by atomic mass is 16.5. The number of carbonyl (C=O) groups excluding carboxylic acids is 2. The van der Waals surface area contributed by atoms with E-state index in [0.717, 1.165) is 32.4 Å². The molecule has 0 N–H and O–H groups in total. The largest absolute Gasteiger partial charge is 0.380 e. The maximum absolute atomic E-state index is 13.1. The molecule has 4 heterocycles. The molecule has 3 aliphatic rings. The number of aryl methyl sites for hydroxylation is 1. The van der Waals surface area contributed by atoms with Gasteiger partial charge in [0.15, 0.2) is 0 Å². The fourth-order valence-corrected chi connectivity index (χ4v) is 4.36. The van der Waals surface area contributed by atoms with E-state index in [1.54, 1.807) is 11.0 Å². The molecule has 3 fully saturated rings. The van der Waals surface area contributed by atoms with E-state index in [-0.39, 0.29) is 17.7 Å². The van der Waals surface area contributed by atoms with Gasteiger partial charge in [-0.3, -0.25) is 14.3 Å². The molecule has 1 aromatic rings. The summed E-state index contributed by atoms with van der Waals surface area (Å²) in [5.41, 5.74) is -0.508. The highest BCUT2D eigenvalue weighted by Crippen LogP contribution is 2.43. The second kappa shape index (κ2) is 6.74. The van der Waals surface area contributed by atoms with E-state index in [4.69, 9.17) is 4.74 Å². The van der Waals surface area contributed by atoms with E-state index >= 15 is 0 Å². The lowest BCUT2D eigenvalue weighted by molar-refractivity contribution is -0.142. The molecule has 0 bridgehead atoms. The molecule has 136 valence electrons. The first-order valence-corrected chi connectivity index (χ1v) is 9.16. The molecule has 2 atom stereocenters. The Morgan fingerprint density at radius 1 is 1.24 bits per heavy atom. The zero-order valence-electron chi connectivity index (χ0n) is 14.5. The third-order valence-electron chi connectivity index (χ3n) is 5.79. The van der Waals surface area contributed by atoms with Crippen molar-refractivity contribution in [3.05, 3.63) is 12.7 Å².